The van der Waals surface area contributed by atoms with Gasteiger partial charge in [0.25, 0.3) is 0 Å². The standard InChI is InChI=1S/C9H20N2S/c1-3-5-10(4-2)11-6-8-12-9-7-11/h3-9H2,1-2H3. The van der Waals surface area contributed by atoms with E-state index in [-0.39, 0.29) is 0 Å². The van der Waals surface area contributed by atoms with Crippen molar-refractivity contribution >= 4 is 11.8 Å². The van der Waals surface area contributed by atoms with Crippen molar-refractivity contribution < 1.29 is 0 Å². The highest BCUT2D eigenvalue weighted by atomic mass is 32.2. The van der Waals surface area contributed by atoms with Crippen LogP contribution in [0.5, 0.6) is 0 Å². The monoisotopic (exact) mass is 188 g/mol. The molecule has 1 fully saturated rings. The molecule has 0 radical (unpaired) electrons. The van der Waals surface area contributed by atoms with Crippen molar-refractivity contribution in [2.45, 2.75) is 20.3 Å². The van der Waals surface area contributed by atoms with Crippen LogP contribution in [0.1, 0.15) is 20.3 Å². The van der Waals surface area contributed by atoms with E-state index in [9.17, 15) is 0 Å². The van der Waals surface area contributed by atoms with Gasteiger partial charge in [-0.05, 0) is 6.42 Å². The third-order valence-corrected chi connectivity index (χ3v) is 3.18. The molecule has 2 nitrogen and oxygen atoms in total. The first kappa shape index (κ1) is 10.4. The Morgan fingerprint density at radius 3 is 2.42 bits per heavy atom. The zero-order valence-corrected chi connectivity index (χ0v) is 9.07. The van der Waals surface area contributed by atoms with Crippen LogP contribution in [0.25, 0.3) is 0 Å². The fraction of sp³-hybridized carbons (Fsp3) is 1.00. The van der Waals surface area contributed by atoms with Gasteiger partial charge in [0, 0.05) is 37.7 Å². The second-order valence-corrected chi connectivity index (χ2v) is 4.34. The van der Waals surface area contributed by atoms with Gasteiger partial charge in [-0.15, -0.1) is 0 Å². The van der Waals surface area contributed by atoms with Gasteiger partial charge < -0.3 is 0 Å². The van der Waals surface area contributed by atoms with Crippen molar-refractivity contribution in [3.05, 3.63) is 0 Å². The number of hydrazine groups is 1. The summed E-state index contributed by atoms with van der Waals surface area (Å²) in [6.07, 6.45) is 1.26. The molecule has 3 heteroatoms. The molecular weight excluding hydrogens is 168 g/mol. The summed E-state index contributed by atoms with van der Waals surface area (Å²) in [6, 6.07) is 0. The van der Waals surface area contributed by atoms with E-state index < -0.39 is 0 Å². The third-order valence-electron chi connectivity index (χ3n) is 2.23. The second-order valence-electron chi connectivity index (χ2n) is 3.11. The normalized spacial score (nSPS) is 20.2. The summed E-state index contributed by atoms with van der Waals surface area (Å²) in [5, 5.41) is 5.00. The number of rotatable bonds is 4. The average molecular weight is 188 g/mol. The van der Waals surface area contributed by atoms with Crippen LogP contribution in [0.2, 0.25) is 0 Å². The minimum atomic E-state index is 1.17. The Kier molecular flexibility index (Phi) is 5.04. The lowest BCUT2D eigenvalue weighted by atomic mass is 10.4. The maximum absolute atomic E-state index is 2.51. The zero-order chi connectivity index (χ0) is 8.81. The van der Waals surface area contributed by atoms with E-state index in [1.807, 2.05) is 0 Å². The first-order chi connectivity index (χ1) is 5.88. The largest absolute Gasteiger partial charge is 0.242 e. The van der Waals surface area contributed by atoms with Gasteiger partial charge in [-0.25, -0.2) is 10.0 Å². The molecule has 1 rings (SSSR count). The maximum Gasteiger partial charge on any atom is 0.0224 e. The van der Waals surface area contributed by atoms with E-state index in [0.29, 0.717) is 0 Å². The molecule has 0 atom stereocenters. The highest BCUT2D eigenvalue weighted by Crippen LogP contribution is 2.11. The molecule has 0 aromatic carbocycles. The van der Waals surface area contributed by atoms with E-state index >= 15 is 0 Å². The van der Waals surface area contributed by atoms with Crippen LogP contribution in [0, 0.1) is 0 Å². The molecule has 0 aliphatic carbocycles. The number of thioether (sulfide) groups is 1. The summed E-state index contributed by atoms with van der Waals surface area (Å²) in [4.78, 5) is 0. The Labute approximate surface area is 80.3 Å². The summed E-state index contributed by atoms with van der Waals surface area (Å²) in [6.45, 7) is 9.38. The average Bonchev–Trinajstić information content (AvgIpc) is 2.15. The molecule has 0 N–H and O–H groups in total. The van der Waals surface area contributed by atoms with E-state index in [4.69, 9.17) is 0 Å². The van der Waals surface area contributed by atoms with Crippen LogP contribution in [0.15, 0.2) is 0 Å². The van der Waals surface area contributed by atoms with Gasteiger partial charge in [0.1, 0.15) is 0 Å². The van der Waals surface area contributed by atoms with Crippen molar-refractivity contribution in [1.29, 1.82) is 0 Å². The quantitative estimate of drug-likeness (QED) is 0.663. The van der Waals surface area contributed by atoms with E-state index in [1.165, 1.54) is 44.1 Å². The maximum atomic E-state index is 2.51. The van der Waals surface area contributed by atoms with Gasteiger partial charge in [0.2, 0.25) is 0 Å². The fourth-order valence-electron chi connectivity index (χ4n) is 1.59. The zero-order valence-electron chi connectivity index (χ0n) is 8.25. The van der Waals surface area contributed by atoms with Gasteiger partial charge in [0.05, 0.1) is 0 Å². The topological polar surface area (TPSA) is 6.48 Å². The highest BCUT2D eigenvalue weighted by molar-refractivity contribution is 7.99. The molecule has 0 aromatic heterocycles. The van der Waals surface area contributed by atoms with E-state index in [2.05, 4.69) is 35.6 Å². The van der Waals surface area contributed by atoms with Crippen LogP contribution >= 0.6 is 11.8 Å². The minimum absolute atomic E-state index is 1.17. The first-order valence-electron chi connectivity index (χ1n) is 4.96. The highest BCUT2D eigenvalue weighted by Gasteiger charge is 2.15. The number of hydrogen-bond donors (Lipinski definition) is 0. The Morgan fingerprint density at radius 1 is 1.25 bits per heavy atom. The molecule has 1 aliphatic heterocycles. The van der Waals surface area contributed by atoms with Crippen LogP contribution in [-0.2, 0) is 0 Å². The molecule has 0 bridgehead atoms. The Bertz CT molecular complexity index is 110. The molecular formula is C9H20N2S. The lowest BCUT2D eigenvalue weighted by Gasteiger charge is -2.36. The van der Waals surface area contributed by atoms with E-state index in [1.54, 1.807) is 0 Å². The van der Waals surface area contributed by atoms with Crippen LogP contribution in [0.4, 0.5) is 0 Å². The molecule has 1 saturated heterocycles. The summed E-state index contributed by atoms with van der Waals surface area (Å²) in [7, 11) is 0. The predicted octanol–water partition coefficient (Wildman–Crippen LogP) is 1.68. The van der Waals surface area contributed by atoms with Crippen molar-refractivity contribution in [3.8, 4) is 0 Å². The van der Waals surface area contributed by atoms with Gasteiger partial charge >= 0.3 is 0 Å². The Morgan fingerprint density at radius 2 is 1.92 bits per heavy atom. The van der Waals surface area contributed by atoms with E-state index in [0.717, 1.165) is 0 Å². The molecule has 0 saturated carbocycles. The minimum Gasteiger partial charge on any atom is -0.242 e. The van der Waals surface area contributed by atoms with Crippen LogP contribution in [-0.4, -0.2) is 47.7 Å². The molecule has 72 valence electrons. The molecule has 12 heavy (non-hydrogen) atoms. The SMILES string of the molecule is CCCN(CC)N1CCSCC1. The van der Waals surface area contributed by atoms with Gasteiger partial charge in [0.15, 0.2) is 0 Å². The van der Waals surface area contributed by atoms with Crippen molar-refractivity contribution in [2.24, 2.45) is 0 Å². The summed E-state index contributed by atoms with van der Waals surface area (Å²) < 4.78 is 0. The summed E-state index contributed by atoms with van der Waals surface area (Å²) in [5.74, 6) is 2.61. The summed E-state index contributed by atoms with van der Waals surface area (Å²) in [5.41, 5.74) is 0. The summed E-state index contributed by atoms with van der Waals surface area (Å²) >= 11 is 2.08. The molecule has 1 aliphatic rings. The molecule has 0 unspecified atom stereocenters. The second kappa shape index (κ2) is 5.84. The third kappa shape index (κ3) is 2.96. The van der Waals surface area contributed by atoms with Crippen molar-refractivity contribution in [1.82, 2.24) is 10.0 Å². The van der Waals surface area contributed by atoms with Crippen molar-refractivity contribution in [2.75, 3.05) is 37.7 Å². The van der Waals surface area contributed by atoms with Gasteiger partial charge in [-0.2, -0.15) is 11.8 Å². The molecule has 0 amide bonds. The predicted molar refractivity (Wildman–Crippen MR) is 56.4 cm³/mol. The van der Waals surface area contributed by atoms with Crippen molar-refractivity contribution in [3.63, 3.8) is 0 Å². The Hall–Kier alpha value is 0.270. The number of hydrogen-bond acceptors (Lipinski definition) is 3. The lowest BCUT2D eigenvalue weighted by molar-refractivity contribution is -0.0116. The molecule has 1 heterocycles. The fourth-order valence-corrected chi connectivity index (χ4v) is 2.48. The van der Waals surface area contributed by atoms with Crippen LogP contribution < -0.4 is 0 Å². The molecule has 0 aromatic rings. The lowest BCUT2D eigenvalue weighted by Crippen LogP contribution is -2.47. The number of nitrogens with zero attached hydrogens (tertiary/aromatic N) is 2. The molecule has 0 spiro atoms. The first-order valence-corrected chi connectivity index (χ1v) is 6.11. The van der Waals surface area contributed by atoms with Gasteiger partial charge in [-0.1, -0.05) is 13.8 Å². The van der Waals surface area contributed by atoms with Gasteiger partial charge in [-0.3, -0.25) is 0 Å². The Balaban J connectivity index is 2.29. The smallest absolute Gasteiger partial charge is 0.0224 e. The van der Waals surface area contributed by atoms with Crippen LogP contribution in [0.3, 0.4) is 0 Å².